The summed E-state index contributed by atoms with van der Waals surface area (Å²) in [6.45, 7) is 1.67. The summed E-state index contributed by atoms with van der Waals surface area (Å²) >= 11 is 6.66. The largest absolute Gasteiger partial charge is 0.497 e. The van der Waals surface area contributed by atoms with Crippen LogP contribution in [0.3, 0.4) is 0 Å². The fourth-order valence-corrected chi connectivity index (χ4v) is 4.22. The van der Waals surface area contributed by atoms with Crippen molar-refractivity contribution >= 4 is 34.0 Å². The minimum atomic E-state index is 0.0154. The van der Waals surface area contributed by atoms with Crippen LogP contribution in [0.15, 0.2) is 24.5 Å². The Balaban J connectivity index is 1.57. The van der Waals surface area contributed by atoms with Crippen LogP contribution in [0, 0.1) is 11.8 Å². The maximum Gasteiger partial charge on any atom is 0.231 e. The minimum absolute atomic E-state index is 0.0154. The highest BCUT2D eigenvalue weighted by atomic mass is 35.5. The molecule has 3 heterocycles. The number of nitrogens with one attached hydrogen (secondary N) is 1. The van der Waals surface area contributed by atoms with Crippen LogP contribution in [-0.2, 0) is 9.47 Å². The molecular weight excluding hydrogens is 474 g/mol. The zero-order valence-corrected chi connectivity index (χ0v) is 20.1. The molecule has 0 radical (unpaired) electrons. The first-order valence-corrected chi connectivity index (χ1v) is 11.5. The van der Waals surface area contributed by atoms with E-state index >= 15 is 0 Å². The Morgan fingerprint density at radius 2 is 1.94 bits per heavy atom. The van der Waals surface area contributed by atoms with Gasteiger partial charge in [-0.2, -0.15) is 0 Å². The molecule has 0 atom stereocenters. The molecule has 2 aromatic carbocycles. The van der Waals surface area contributed by atoms with Gasteiger partial charge in [0.25, 0.3) is 0 Å². The zero-order valence-electron chi connectivity index (χ0n) is 19.4. The van der Waals surface area contributed by atoms with E-state index in [1.807, 2.05) is 12.1 Å². The molecule has 1 N–H and O–H groups in total. The molecule has 2 aliphatic rings. The molecule has 3 aromatic rings. The van der Waals surface area contributed by atoms with Crippen LogP contribution < -0.4 is 24.3 Å². The molecule has 2 aliphatic heterocycles. The van der Waals surface area contributed by atoms with Crippen molar-refractivity contribution in [1.29, 1.82) is 0 Å². The van der Waals surface area contributed by atoms with Gasteiger partial charge in [0.05, 0.1) is 41.8 Å². The summed E-state index contributed by atoms with van der Waals surface area (Å²) in [7, 11) is 3.19. The van der Waals surface area contributed by atoms with Gasteiger partial charge in [0.2, 0.25) is 6.79 Å². The van der Waals surface area contributed by atoms with E-state index in [9.17, 15) is 0 Å². The molecule has 182 valence electrons. The summed E-state index contributed by atoms with van der Waals surface area (Å²) in [5, 5.41) is 4.43. The summed E-state index contributed by atoms with van der Waals surface area (Å²) in [5.41, 5.74) is 1.80. The van der Waals surface area contributed by atoms with Crippen molar-refractivity contribution in [1.82, 2.24) is 9.97 Å². The van der Waals surface area contributed by atoms with E-state index in [1.165, 1.54) is 6.33 Å². The third-order valence-corrected chi connectivity index (χ3v) is 5.95. The number of hydrogen-bond donors (Lipinski definition) is 1. The quantitative estimate of drug-likeness (QED) is 0.500. The van der Waals surface area contributed by atoms with E-state index in [4.69, 9.17) is 40.0 Å². The first-order valence-electron chi connectivity index (χ1n) is 11.1. The summed E-state index contributed by atoms with van der Waals surface area (Å²) in [6.07, 6.45) is 3.08. The second-order valence-corrected chi connectivity index (χ2v) is 8.28. The van der Waals surface area contributed by atoms with Crippen LogP contribution in [0.1, 0.15) is 18.4 Å². The minimum Gasteiger partial charge on any atom is -0.497 e. The molecule has 0 bridgehead atoms. The van der Waals surface area contributed by atoms with Crippen LogP contribution in [0.2, 0.25) is 5.02 Å². The van der Waals surface area contributed by atoms with E-state index in [-0.39, 0.29) is 12.9 Å². The Morgan fingerprint density at radius 1 is 1.11 bits per heavy atom. The van der Waals surface area contributed by atoms with Gasteiger partial charge in [-0.3, -0.25) is 0 Å². The van der Waals surface area contributed by atoms with Gasteiger partial charge in [0, 0.05) is 32.1 Å². The molecule has 0 saturated carbocycles. The Bertz CT molecular complexity index is 1300. The average molecular weight is 498 g/mol. The molecule has 9 nitrogen and oxygen atoms in total. The van der Waals surface area contributed by atoms with E-state index in [2.05, 4.69) is 27.1 Å². The van der Waals surface area contributed by atoms with Gasteiger partial charge >= 0.3 is 0 Å². The van der Waals surface area contributed by atoms with Crippen molar-refractivity contribution in [3.05, 3.63) is 35.1 Å². The molecule has 0 amide bonds. The lowest BCUT2D eigenvalue weighted by Crippen LogP contribution is -2.26. The average Bonchev–Trinajstić information content (AvgIpc) is 3.37. The van der Waals surface area contributed by atoms with Gasteiger partial charge in [-0.15, -0.1) is 0 Å². The molecule has 5 rings (SSSR count). The van der Waals surface area contributed by atoms with Crippen molar-refractivity contribution in [3.8, 4) is 34.8 Å². The van der Waals surface area contributed by atoms with Crippen molar-refractivity contribution in [2.24, 2.45) is 0 Å². The molecule has 1 saturated heterocycles. The van der Waals surface area contributed by atoms with E-state index in [0.717, 1.165) is 12.8 Å². The van der Waals surface area contributed by atoms with Gasteiger partial charge in [0.1, 0.15) is 42.0 Å². The summed E-state index contributed by atoms with van der Waals surface area (Å²) in [6, 6.07) is 5.40. The lowest BCUT2D eigenvalue weighted by atomic mass is 10.1. The van der Waals surface area contributed by atoms with Gasteiger partial charge in [-0.25, -0.2) is 9.97 Å². The number of anilines is 2. The molecule has 0 unspecified atom stereocenters. The maximum absolute atomic E-state index is 6.66. The van der Waals surface area contributed by atoms with E-state index in [1.54, 1.807) is 20.3 Å². The molecule has 0 aliphatic carbocycles. The summed E-state index contributed by atoms with van der Waals surface area (Å²) in [4.78, 5) is 8.94. The standard InChI is InChI=1S/C25H24ClN3O6/c1-30-7-3-4-15-10-18(26)22(24-23(15)33-14-34-24)29-25-21-19(27-13-28-25)11-17(31-2)12-20(21)35-16-5-8-32-9-6-16/h10-13,16H,5-9,14H2,1-2H3,(H,27,28,29). The zero-order chi connectivity index (χ0) is 24.2. The number of ether oxygens (including phenoxy) is 6. The van der Waals surface area contributed by atoms with Crippen LogP contribution >= 0.6 is 11.6 Å². The third-order valence-electron chi connectivity index (χ3n) is 5.65. The highest BCUT2D eigenvalue weighted by molar-refractivity contribution is 6.34. The molecule has 35 heavy (non-hydrogen) atoms. The smallest absolute Gasteiger partial charge is 0.231 e. The molecule has 1 aromatic heterocycles. The highest BCUT2D eigenvalue weighted by Gasteiger charge is 2.26. The van der Waals surface area contributed by atoms with Crippen LogP contribution in [0.5, 0.6) is 23.0 Å². The van der Waals surface area contributed by atoms with E-state index < -0.39 is 0 Å². The molecule has 10 heteroatoms. The fraction of sp³-hybridized carbons (Fsp3) is 0.360. The maximum atomic E-state index is 6.66. The third kappa shape index (κ3) is 4.86. The fourth-order valence-electron chi connectivity index (χ4n) is 3.98. The predicted octanol–water partition coefficient (Wildman–Crippen LogP) is 4.32. The molecular formula is C25H24ClN3O6. The molecule has 0 spiro atoms. The number of rotatable bonds is 6. The lowest BCUT2D eigenvalue weighted by molar-refractivity contribution is 0.0261. The van der Waals surface area contributed by atoms with Gasteiger partial charge in [-0.1, -0.05) is 23.4 Å². The van der Waals surface area contributed by atoms with Crippen molar-refractivity contribution in [2.45, 2.75) is 18.9 Å². The SMILES string of the molecule is COCC#Cc1cc(Cl)c(Nc2ncnc3cc(OC)cc(OC4CCOCC4)c23)c2c1OCO2. The number of methoxy groups -OCH3 is 2. The number of halogens is 1. The van der Waals surface area contributed by atoms with Crippen LogP contribution in [0.25, 0.3) is 10.9 Å². The van der Waals surface area contributed by atoms with Crippen molar-refractivity contribution in [3.63, 3.8) is 0 Å². The first-order chi connectivity index (χ1) is 17.2. The Labute approximate surface area is 207 Å². The van der Waals surface area contributed by atoms with Crippen molar-refractivity contribution in [2.75, 3.05) is 46.1 Å². The number of hydrogen-bond acceptors (Lipinski definition) is 9. The topological polar surface area (TPSA) is 93.2 Å². The number of benzene rings is 2. The van der Waals surface area contributed by atoms with Gasteiger partial charge in [0.15, 0.2) is 11.5 Å². The predicted molar refractivity (Wildman–Crippen MR) is 130 cm³/mol. The highest BCUT2D eigenvalue weighted by Crippen LogP contribution is 2.48. The summed E-state index contributed by atoms with van der Waals surface area (Å²) < 4.78 is 33.8. The van der Waals surface area contributed by atoms with Crippen LogP contribution in [0.4, 0.5) is 11.5 Å². The normalized spacial score (nSPS) is 14.9. The Morgan fingerprint density at radius 3 is 2.74 bits per heavy atom. The molecule has 1 fully saturated rings. The van der Waals surface area contributed by atoms with Gasteiger partial charge < -0.3 is 33.7 Å². The number of fused-ring (bicyclic) bond motifs is 2. The summed E-state index contributed by atoms with van der Waals surface area (Å²) in [5.74, 6) is 8.67. The van der Waals surface area contributed by atoms with Crippen molar-refractivity contribution < 1.29 is 28.4 Å². The number of aromatic nitrogens is 2. The Hall–Kier alpha value is -3.45. The second-order valence-electron chi connectivity index (χ2n) is 7.88. The van der Waals surface area contributed by atoms with Crippen LogP contribution in [-0.4, -0.2) is 56.9 Å². The Kier molecular flexibility index (Phi) is 6.95. The second kappa shape index (κ2) is 10.4. The lowest BCUT2D eigenvalue weighted by Gasteiger charge is -2.24. The number of nitrogens with zero attached hydrogens (tertiary/aromatic N) is 2. The first kappa shape index (κ1) is 23.3. The van der Waals surface area contributed by atoms with Gasteiger partial charge in [-0.05, 0) is 6.07 Å². The van der Waals surface area contributed by atoms with E-state index in [0.29, 0.717) is 75.8 Å². The monoisotopic (exact) mass is 497 g/mol.